The number of pyridine rings is 1. The second-order valence-corrected chi connectivity index (χ2v) is 7.05. The molecule has 4 rings (SSSR count). The van der Waals surface area contributed by atoms with Crippen LogP contribution >= 0.6 is 0 Å². The normalized spacial score (nSPS) is 11.4. The maximum absolute atomic E-state index is 13.7. The van der Waals surface area contributed by atoms with Crippen molar-refractivity contribution in [1.29, 1.82) is 0 Å². The predicted octanol–water partition coefficient (Wildman–Crippen LogP) is 6.38. The summed E-state index contributed by atoms with van der Waals surface area (Å²) in [4.78, 5) is 16.4. The van der Waals surface area contributed by atoms with Crippen LogP contribution in [0.25, 0.3) is 21.9 Å². The summed E-state index contributed by atoms with van der Waals surface area (Å²) in [5, 5.41) is 6.39. The fourth-order valence-electron chi connectivity index (χ4n) is 3.49. The smallest absolute Gasteiger partial charge is 0.334 e. The molecule has 4 aromatic rings. The average Bonchev–Trinajstić information content (AvgIpc) is 2.77. The van der Waals surface area contributed by atoms with E-state index in [-0.39, 0.29) is 18.0 Å². The third-order valence-corrected chi connectivity index (χ3v) is 4.96. The highest BCUT2D eigenvalue weighted by atomic mass is 19.4. The summed E-state index contributed by atoms with van der Waals surface area (Å²) in [6.45, 7) is 0.0612. The van der Waals surface area contributed by atoms with Gasteiger partial charge >= 0.3 is 12.2 Å². The minimum atomic E-state index is -4.58. The molecular weight excluding hydrogens is 422 g/mol. The molecule has 0 spiro atoms. The van der Waals surface area contributed by atoms with Crippen molar-refractivity contribution in [2.75, 3.05) is 5.32 Å². The summed E-state index contributed by atoms with van der Waals surface area (Å²) < 4.78 is 53.1. The van der Waals surface area contributed by atoms with E-state index >= 15 is 0 Å². The summed E-state index contributed by atoms with van der Waals surface area (Å²) in [6, 6.07) is 15.6. The number of alkyl halides is 3. The quantitative estimate of drug-likeness (QED) is 0.363. The number of urea groups is 1. The van der Waals surface area contributed by atoms with Gasteiger partial charge in [-0.2, -0.15) is 13.2 Å². The number of carbonyl (C=O) groups excluding carboxylic acids is 1. The van der Waals surface area contributed by atoms with E-state index in [1.165, 1.54) is 30.3 Å². The first kappa shape index (κ1) is 21.3. The topological polar surface area (TPSA) is 54.0 Å². The molecule has 0 aliphatic rings. The lowest BCUT2D eigenvalue weighted by Gasteiger charge is -2.15. The van der Waals surface area contributed by atoms with Crippen molar-refractivity contribution >= 4 is 22.5 Å². The van der Waals surface area contributed by atoms with Gasteiger partial charge in [-0.05, 0) is 52.4 Å². The van der Waals surface area contributed by atoms with Gasteiger partial charge in [-0.15, -0.1) is 0 Å². The number of halogens is 4. The van der Waals surface area contributed by atoms with Crippen molar-refractivity contribution in [3.63, 3.8) is 0 Å². The summed E-state index contributed by atoms with van der Waals surface area (Å²) in [6.07, 6.45) is -1.34. The molecule has 0 bridgehead atoms. The van der Waals surface area contributed by atoms with Crippen LogP contribution in [0.2, 0.25) is 0 Å². The average molecular weight is 439 g/mol. The van der Waals surface area contributed by atoms with Crippen LogP contribution in [-0.4, -0.2) is 11.0 Å². The molecule has 0 saturated heterocycles. The standard InChI is InChI=1S/C24H17F4N3O/c25-17-5-3-4-15(12-17)18-9-8-16(20-14-29-11-10-19(18)20)13-30-23(32)31-22-7-2-1-6-21(22)24(26,27)28/h1-12,14H,13H2,(H2,30,31,32). The molecule has 32 heavy (non-hydrogen) atoms. The van der Waals surface area contributed by atoms with Crippen LogP contribution in [0.15, 0.2) is 79.1 Å². The van der Waals surface area contributed by atoms with Crippen molar-refractivity contribution in [1.82, 2.24) is 10.3 Å². The summed E-state index contributed by atoms with van der Waals surface area (Å²) in [7, 11) is 0. The third kappa shape index (κ3) is 4.54. The van der Waals surface area contributed by atoms with Crippen LogP contribution in [0.3, 0.4) is 0 Å². The maximum Gasteiger partial charge on any atom is 0.418 e. The number of nitrogens with one attached hydrogen (secondary N) is 2. The SMILES string of the molecule is O=C(NCc1ccc(-c2cccc(F)c2)c2ccncc12)Nc1ccccc1C(F)(F)F. The highest BCUT2D eigenvalue weighted by Crippen LogP contribution is 2.34. The van der Waals surface area contributed by atoms with E-state index in [9.17, 15) is 22.4 Å². The van der Waals surface area contributed by atoms with Crippen molar-refractivity contribution in [3.8, 4) is 11.1 Å². The molecule has 0 aliphatic heterocycles. The first-order valence-electron chi connectivity index (χ1n) is 9.65. The number of amides is 2. The molecule has 162 valence electrons. The fourth-order valence-corrected chi connectivity index (χ4v) is 3.49. The van der Waals surface area contributed by atoms with E-state index in [0.717, 1.165) is 22.4 Å². The van der Waals surface area contributed by atoms with Crippen molar-refractivity contribution < 1.29 is 22.4 Å². The van der Waals surface area contributed by atoms with Crippen LogP contribution in [0, 0.1) is 5.82 Å². The molecule has 2 N–H and O–H groups in total. The second kappa shape index (κ2) is 8.66. The van der Waals surface area contributed by atoms with Gasteiger partial charge in [-0.25, -0.2) is 9.18 Å². The molecule has 4 nitrogen and oxygen atoms in total. The van der Waals surface area contributed by atoms with E-state index < -0.39 is 17.8 Å². The Bertz CT molecular complexity index is 1290. The van der Waals surface area contributed by atoms with E-state index in [0.29, 0.717) is 11.1 Å². The molecule has 0 aliphatic carbocycles. The van der Waals surface area contributed by atoms with Gasteiger partial charge in [0.05, 0.1) is 11.3 Å². The lowest BCUT2D eigenvalue weighted by molar-refractivity contribution is -0.136. The van der Waals surface area contributed by atoms with Crippen LogP contribution in [-0.2, 0) is 12.7 Å². The van der Waals surface area contributed by atoms with Crippen LogP contribution < -0.4 is 10.6 Å². The second-order valence-electron chi connectivity index (χ2n) is 7.05. The number of para-hydroxylation sites is 1. The molecule has 2 amide bonds. The Hall–Kier alpha value is -3.94. The van der Waals surface area contributed by atoms with Crippen LogP contribution in [0.4, 0.5) is 28.0 Å². The number of hydrogen-bond acceptors (Lipinski definition) is 2. The zero-order valence-corrected chi connectivity index (χ0v) is 16.6. The van der Waals surface area contributed by atoms with Gasteiger partial charge in [0.2, 0.25) is 0 Å². The molecule has 0 radical (unpaired) electrons. The van der Waals surface area contributed by atoms with E-state index in [4.69, 9.17) is 0 Å². The molecule has 0 atom stereocenters. The molecule has 8 heteroatoms. The zero-order valence-electron chi connectivity index (χ0n) is 16.6. The van der Waals surface area contributed by atoms with Gasteiger partial charge in [0, 0.05) is 24.3 Å². The number of carbonyl (C=O) groups is 1. The number of anilines is 1. The number of benzene rings is 3. The van der Waals surface area contributed by atoms with Gasteiger partial charge in [0.25, 0.3) is 0 Å². The predicted molar refractivity (Wildman–Crippen MR) is 114 cm³/mol. The highest BCUT2D eigenvalue weighted by Gasteiger charge is 2.33. The van der Waals surface area contributed by atoms with E-state index in [1.807, 2.05) is 6.07 Å². The first-order valence-corrected chi connectivity index (χ1v) is 9.65. The molecule has 3 aromatic carbocycles. The number of hydrogen-bond donors (Lipinski definition) is 2. The summed E-state index contributed by atoms with van der Waals surface area (Å²) >= 11 is 0. The molecule has 0 fully saturated rings. The molecule has 1 aromatic heterocycles. The maximum atomic E-state index is 13.7. The Balaban J connectivity index is 1.56. The number of rotatable bonds is 4. The summed E-state index contributed by atoms with van der Waals surface area (Å²) in [5.74, 6) is -0.355. The van der Waals surface area contributed by atoms with Crippen LogP contribution in [0.1, 0.15) is 11.1 Å². The monoisotopic (exact) mass is 439 g/mol. The van der Waals surface area contributed by atoms with E-state index in [2.05, 4.69) is 15.6 Å². The highest BCUT2D eigenvalue weighted by molar-refractivity contribution is 5.98. The third-order valence-electron chi connectivity index (χ3n) is 4.96. The summed E-state index contributed by atoms with van der Waals surface area (Å²) in [5.41, 5.74) is 0.957. The molecular formula is C24H17F4N3O. The molecule has 0 saturated carbocycles. The fraction of sp³-hybridized carbons (Fsp3) is 0.0833. The Morgan fingerprint density at radius 1 is 0.938 bits per heavy atom. The largest absolute Gasteiger partial charge is 0.418 e. The Morgan fingerprint density at radius 2 is 1.75 bits per heavy atom. The van der Waals surface area contributed by atoms with Gasteiger partial charge in [0.1, 0.15) is 5.82 Å². The minimum absolute atomic E-state index is 0.0612. The Kier molecular flexibility index (Phi) is 5.77. The Morgan fingerprint density at radius 3 is 2.53 bits per heavy atom. The number of nitrogens with zero attached hydrogens (tertiary/aromatic N) is 1. The van der Waals surface area contributed by atoms with Gasteiger partial charge < -0.3 is 10.6 Å². The zero-order chi connectivity index (χ0) is 22.7. The minimum Gasteiger partial charge on any atom is -0.334 e. The first-order chi connectivity index (χ1) is 15.3. The number of fused-ring (bicyclic) bond motifs is 1. The molecule has 1 heterocycles. The lowest BCUT2D eigenvalue weighted by Crippen LogP contribution is -2.29. The molecule has 0 unspecified atom stereocenters. The van der Waals surface area contributed by atoms with Crippen molar-refractivity contribution in [3.05, 3.63) is 96.1 Å². The number of aromatic nitrogens is 1. The van der Waals surface area contributed by atoms with Gasteiger partial charge in [0.15, 0.2) is 0 Å². The van der Waals surface area contributed by atoms with Crippen molar-refractivity contribution in [2.24, 2.45) is 0 Å². The van der Waals surface area contributed by atoms with Crippen LogP contribution in [0.5, 0.6) is 0 Å². The Labute approximate surface area is 180 Å². The van der Waals surface area contributed by atoms with E-state index in [1.54, 1.807) is 36.7 Å². The van der Waals surface area contributed by atoms with Gasteiger partial charge in [-0.1, -0.05) is 36.4 Å². The van der Waals surface area contributed by atoms with Crippen molar-refractivity contribution in [2.45, 2.75) is 12.7 Å². The van der Waals surface area contributed by atoms with Gasteiger partial charge in [-0.3, -0.25) is 4.98 Å². The lowest BCUT2D eigenvalue weighted by atomic mass is 9.96.